The molecule has 1 fully saturated rings. The lowest BCUT2D eigenvalue weighted by atomic mass is 9.95. The highest BCUT2D eigenvalue weighted by Gasteiger charge is 2.38. The van der Waals surface area contributed by atoms with Gasteiger partial charge in [0.1, 0.15) is 6.04 Å². The summed E-state index contributed by atoms with van der Waals surface area (Å²) in [5, 5.41) is 15.2. The quantitative estimate of drug-likeness (QED) is 0.606. The van der Waals surface area contributed by atoms with E-state index in [4.69, 9.17) is 0 Å². The fraction of sp³-hybridized carbons (Fsp3) is 0.812. The topological polar surface area (TPSA) is 98.7 Å². The Bertz CT molecular complexity index is 441. The Morgan fingerprint density at radius 1 is 1.26 bits per heavy atom. The lowest BCUT2D eigenvalue weighted by Gasteiger charge is -2.30. The van der Waals surface area contributed by atoms with Crippen LogP contribution >= 0.6 is 0 Å². The van der Waals surface area contributed by atoms with E-state index >= 15 is 0 Å². The van der Waals surface area contributed by atoms with E-state index in [1.165, 1.54) is 13.8 Å². The summed E-state index contributed by atoms with van der Waals surface area (Å²) in [6.45, 7) is 8.09. The smallest absolute Gasteiger partial charge is 0.321 e. The van der Waals surface area contributed by atoms with Crippen LogP contribution in [0.3, 0.4) is 0 Å². The maximum atomic E-state index is 11.5. The zero-order chi connectivity index (χ0) is 17.6. The minimum atomic E-state index is -0.861. The molecule has 132 valence electrons. The first-order valence-electron chi connectivity index (χ1n) is 8.25. The summed E-state index contributed by atoms with van der Waals surface area (Å²) in [4.78, 5) is 35.9. The van der Waals surface area contributed by atoms with Crippen molar-refractivity contribution in [2.45, 2.75) is 65.1 Å². The minimum Gasteiger partial charge on any atom is -0.480 e. The lowest BCUT2D eigenvalue weighted by Crippen LogP contribution is -2.46. The van der Waals surface area contributed by atoms with Gasteiger partial charge in [-0.3, -0.25) is 19.3 Å². The Morgan fingerprint density at radius 2 is 1.91 bits per heavy atom. The molecule has 3 N–H and O–H groups in total. The summed E-state index contributed by atoms with van der Waals surface area (Å²) in [5.41, 5.74) is 0. The van der Waals surface area contributed by atoms with E-state index in [9.17, 15) is 19.5 Å². The van der Waals surface area contributed by atoms with Gasteiger partial charge in [0.15, 0.2) is 0 Å². The number of hydrogen-bond donors (Lipinski definition) is 3. The number of likely N-dealkylation sites (tertiary alicyclic amines) is 1. The van der Waals surface area contributed by atoms with Crippen molar-refractivity contribution in [3.8, 4) is 0 Å². The molecule has 23 heavy (non-hydrogen) atoms. The van der Waals surface area contributed by atoms with Crippen molar-refractivity contribution in [3.05, 3.63) is 0 Å². The Morgan fingerprint density at radius 3 is 2.39 bits per heavy atom. The second-order valence-corrected chi connectivity index (χ2v) is 6.48. The first-order chi connectivity index (χ1) is 10.7. The third-order valence-corrected chi connectivity index (χ3v) is 4.36. The normalized spacial score (nSPS) is 24.0. The molecule has 1 heterocycles. The average molecular weight is 327 g/mol. The molecule has 0 radical (unpaired) electrons. The van der Waals surface area contributed by atoms with Gasteiger partial charge in [0.05, 0.1) is 0 Å². The van der Waals surface area contributed by atoms with Gasteiger partial charge in [-0.05, 0) is 25.7 Å². The Labute approximate surface area is 137 Å². The van der Waals surface area contributed by atoms with Crippen LogP contribution in [-0.4, -0.2) is 59.0 Å². The fourth-order valence-corrected chi connectivity index (χ4v) is 3.36. The van der Waals surface area contributed by atoms with Crippen LogP contribution in [0.1, 0.15) is 47.0 Å². The molecular formula is C16H29N3O4. The van der Waals surface area contributed by atoms with Gasteiger partial charge in [-0.15, -0.1) is 0 Å². The van der Waals surface area contributed by atoms with Crippen LogP contribution in [-0.2, 0) is 14.4 Å². The number of nitrogens with one attached hydrogen (secondary N) is 2. The highest BCUT2D eigenvalue weighted by molar-refractivity contribution is 5.76. The molecule has 0 aromatic heterocycles. The molecule has 0 spiro atoms. The number of hydrogen-bond acceptors (Lipinski definition) is 4. The summed E-state index contributed by atoms with van der Waals surface area (Å²) < 4.78 is 0. The van der Waals surface area contributed by atoms with Crippen molar-refractivity contribution in [2.24, 2.45) is 5.92 Å². The second kappa shape index (κ2) is 8.86. The Hall–Kier alpha value is -1.63. The number of carbonyl (C=O) groups is 3. The first-order valence-corrected chi connectivity index (χ1v) is 8.25. The predicted octanol–water partition coefficient (Wildman–Crippen LogP) is 0.591. The van der Waals surface area contributed by atoms with Gasteiger partial charge < -0.3 is 15.7 Å². The molecule has 0 bridgehead atoms. The molecule has 1 saturated heterocycles. The zero-order valence-electron chi connectivity index (χ0n) is 14.5. The number of aliphatic carboxylic acids is 1. The second-order valence-electron chi connectivity index (χ2n) is 6.48. The number of carbonyl (C=O) groups excluding carboxylic acids is 2. The number of rotatable bonds is 8. The highest BCUT2D eigenvalue weighted by Crippen LogP contribution is 2.23. The van der Waals surface area contributed by atoms with Crippen LogP contribution in [0.4, 0.5) is 0 Å². The van der Waals surface area contributed by atoms with E-state index in [2.05, 4.69) is 17.6 Å². The molecule has 4 unspecified atom stereocenters. The average Bonchev–Trinajstić information content (AvgIpc) is 2.79. The van der Waals surface area contributed by atoms with Gasteiger partial charge in [0, 0.05) is 39.0 Å². The molecule has 0 aromatic carbocycles. The Kier molecular flexibility index (Phi) is 7.48. The van der Waals surface area contributed by atoms with Crippen molar-refractivity contribution >= 4 is 17.8 Å². The van der Waals surface area contributed by atoms with E-state index in [1.54, 1.807) is 0 Å². The lowest BCUT2D eigenvalue weighted by molar-refractivity contribution is -0.142. The highest BCUT2D eigenvalue weighted by atomic mass is 16.4. The van der Waals surface area contributed by atoms with E-state index in [1.807, 2.05) is 11.8 Å². The standard InChI is InChI=1S/C16H29N3O4/c1-5-6-13(10(2)17-11(3)20)8-19-9-14(18-12(4)21)7-15(19)16(22)23/h10,13-15H,5-9H2,1-4H3,(H,17,20)(H,18,21)(H,22,23). The predicted molar refractivity (Wildman–Crippen MR) is 86.9 cm³/mol. The molecule has 1 rings (SSSR count). The Balaban J connectivity index is 2.76. The largest absolute Gasteiger partial charge is 0.480 e. The van der Waals surface area contributed by atoms with Crippen LogP contribution < -0.4 is 10.6 Å². The van der Waals surface area contributed by atoms with Crippen LogP contribution in [0, 0.1) is 5.92 Å². The summed E-state index contributed by atoms with van der Waals surface area (Å²) in [6.07, 6.45) is 2.30. The van der Waals surface area contributed by atoms with Crippen molar-refractivity contribution in [1.82, 2.24) is 15.5 Å². The van der Waals surface area contributed by atoms with Gasteiger partial charge in [0.25, 0.3) is 0 Å². The summed E-state index contributed by atoms with van der Waals surface area (Å²) in [5.74, 6) is -0.897. The van der Waals surface area contributed by atoms with E-state index < -0.39 is 12.0 Å². The van der Waals surface area contributed by atoms with Gasteiger partial charge >= 0.3 is 5.97 Å². The van der Waals surface area contributed by atoms with Gasteiger partial charge in [0.2, 0.25) is 11.8 Å². The molecule has 7 nitrogen and oxygen atoms in total. The monoisotopic (exact) mass is 327 g/mol. The number of amides is 2. The van der Waals surface area contributed by atoms with E-state index in [0.717, 1.165) is 12.8 Å². The molecule has 0 aliphatic carbocycles. The van der Waals surface area contributed by atoms with Crippen molar-refractivity contribution in [3.63, 3.8) is 0 Å². The molecular weight excluding hydrogens is 298 g/mol. The number of nitrogens with zero attached hydrogens (tertiary/aromatic N) is 1. The summed E-state index contributed by atoms with van der Waals surface area (Å²) in [6, 6.07) is -0.732. The fourth-order valence-electron chi connectivity index (χ4n) is 3.36. The van der Waals surface area contributed by atoms with Crippen molar-refractivity contribution in [2.75, 3.05) is 13.1 Å². The molecule has 4 atom stereocenters. The molecule has 7 heteroatoms. The van der Waals surface area contributed by atoms with Gasteiger partial charge in [-0.1, -0.05) is 13.3 Å². The minimum absolute atomic E-state index is 0.0123. The first kappa shape index (κ1) is 19.4. The van der Waals surface area contributed by atoms with Crippen LogP contribution in [0.25, 0.3) is 0 Å². The molecule has 0 saturated carbocycles. The van der Waals surface area contributed by atoms with E-state index in [-0.39, 0.29) is 29.8 Å². The summed E-state index contributed by atoms with van der Waals surface area (Å²) in [7, 11) is 0. The SMILES string of the molecule is CCCC(CN1CC(NC(C)=O)CC1C(=O)O)C(C)NC(C)=O. The molecule has 1 aliphatic rings. The van der Waals surface area contributed by atoms with Crippen molar-refractivity contribution < 1.29 is 19.5 Å². The molecule has 1 aliphatic heterocycles. The van der Waals surface area contributed by atoms with Crippen LogP contribution in [0.15, 0.2) is 0 Å². The third-order valence-electron chi connectivity index (χ3n) is 4.36. The summed E-state index contributed by atoms with van der Waals surface area (Å²) >= 11 is 0. The molecule has 2 amide bonds. The van der Waals surface area contributed by atoms with Crippen LogP contribution in [0.2, 0.25) is 0 Å². The van der Waals surface area contributed by atoms with Gasteiger partial charge in [-0.2, -0.15) is 0 Å². The zero-order valence-corrected chi connectivity index (χ0v) is 14.5. The van der Waals surface area contributed by atoms with Gasteiger partial charge in [-0.25, -0.2) is 0 Å². The maximum absolute atomic E-state index is 11.5. The molecule has 0 aromatic rings. The van der Waals surface area contributed by atoms with Crippen LogP contribution in [0.5, 0.6) is 0 Å². The maximum Gasteiger partial charge on any atom is 0.321 e. The number of carboxylic acids is 1. The van der Waals surface area contributed by atoms with E-state index in [0.29, 0.717) is 19.5 Å². The number of carboxylic acid groups (broad SMARTS) is 1. The van der Waals surface area contributed by atoms with Crippen molar-refractivity contribution in [1.29, 1.82) is 0 Å². The third kappa shape index (κ3) is 6.17.